The van der Waals surface area contributed by atoms with Crippen molar-refractivity contribution in [3.8, 4) is 0 Å². The van der Waals surface area contributed by atoms with Crippen LogP contribution >= 0.6 is 0 Å². The lowest BCUT2D eigenvalue weighted by atomic mass is 9.62. The average molecular weight is 721 g/mol. The number of hydrogen-bond donors (Lipinski definition) is 0. The van der Waals surface area contributed by atoms with Crippen LogP contribution in [0.15, 0.2) is 24.3 Å². The van der Waals surface area contributed by atoms with Gasteiger partial charge in [-0.2, -0.15) is 0 Å². The Bertz CT molecular complexity index is 1070. The van der Waals surface area contributed by atoms with E-state index in [4.69, 9.17) is 13.3 Å². The fourth-order valence-corrected chi connectivity index (χ4v) is 10.5. The zero-order chi connectivity index (χ0) is 36.8. The first-order valence-corrected chi connectivity index (χ1v) is 28.4. The van der Waals surface area contributed by atoms with Crippen LogP contribution in [-0.2, 0) is 18.1 Å². The van der Waals surface area contributed by atoms with Crippen molar-refractivity contribution in [2.45, 2.75) is 206 Å². The van der Waals surface area contributed by atoms with Gasteiger partial charge in [-0.3, -0.25) is 4.79 Å². The molecule has 0 aromatic carbocycles. The smallest absolute Gasteiger partial charge is 0.192 e. The van der Waals surface area contributed by atoms with Gasteiger partial charge >= 0.3 is 0 Å². The van der Waals surface area contributed by atoms with Crippen molar-refractivity contribution in [2.24, 2.45) is 17.3 Å². The molecule has 280 valence electrons. The summed E-state index contributed by atoms with van der Waals surface area (Å²) in [5.41, 5.74) is 0.301. The second-order valence-corrected chi connectivity index (χ2v) is 34.4. The predicted octanol–water partition coefficient (Wildman–Crippen LogP) is 13.0. The topological polar surface area (TPSA) is 44.8 Å². The molecule has 0 saturated heterocycles. The van der Waals surface area contributed by atoms with Crippen LogP contribution in [0.4, 0.5) is 0 Å². The van der Waals surface area contributed by atoms with Crippen LogP contribution in [-0.4, -0.2) is 49.6 Å². The minimum absolute atomic E-state index is 0.0118. The highest BCUT2D eigenvalue weighted by atomic mass is 28.4. The van der Waals surface area contributed by atoms with Crippen LogP contribution in [0, 0.1) is 17.3 Å². The van der Waals surface area contributed by atoms with E-state index in [1.54, 1.807) is 0 Å². The number of Topliss-reactive ketones (excluding diaryl/α,β-unsaturated/α-hetero) is 1. The van der Waals surface area contributed by atoms with Gasteiger partial charge in [0.25, 0.3) is 0 Å². The van der Waals surface area contributed by atoms with Crippen molar-refractivity contribution >= 4 is 30.7 Å². The summed E-state index contributed by atoms with van der Waals surface area (Å²) in [5.74, 6) is 0.477. The first-order valence-electron chi connectivity index (χ1n) is 19.6. The minimum atomic E-state index is -2.04. The Balaban J connectivity index is 2.21. The van der Waals surface area contributed by atoms with Gasteiger partial charge in [-0.15, -0.1) is 0 Å². The van der Waals surface area contributed by atoms with Crippen molar-refractivity contribution in [1.82, 2.24) is 0 Å². The van der Waals surface area contributed by atoms with E-state index in [0.29, 0.717) is 17.6 Å². The maximum absolute atomic E-state index is 13.6. The summed E-state index contributed by atoms with van der Waals surface area (Å²) < 4.78 is 20.7. The molecular weight excluding hydrogens is 641 g/mol. The fourth-order valence-electron chi connectivity index (χ4n) is 6.63. The normalized spacial score (nSPS) is 23.8. The van der Waals surface area contributed by atoms with E-state index in [9.17, 15) is 4.79 Å². The molecule has 2 aliphatic rings. The Kier molecular flexibility index (Phi) is 15.5. The predicted molar refractivity (Wildman–Crippen MR) is 216 cm³/mol. The quantitative estimate of drug-likeness (QED) is 0.0803. The standard InChI is InChI=1S/C41H80O4Si3/c1-17-28-41(29-24-30-41)37(45-48(15,16)40(8,9)10)27-23-26-34-33(35(42)32-36(34)44-47(13,14)39(5,6)7)25-21-19-18-20-22-31-43-46(11,12)38(2,3)4/h19,21,23,26,33-34,36-37H,17-18,20,22,24-25,27-32H2,1-16H3/t33-,34-,36-,37?/m1/s1. The van der Waals surface area contributed by atoms with Crippen LogP contribution in [0.3, 0.4) is 0 Å². The number of unbranched alkanes of at least 4 members (excludes halogenated alkanes) is 2. The van der Waals surface area contributed by atoms with E-state index in [2.05, 4.69) is 133 Å². The molecule has 0 N–H and O–H groups in total. The molecule has 4 nitrogen and oxygen atoms in total. The number of carbonyl (C=O) groups is 1. The van der Waals surface area contributed by atoms with Crippen LogP contribution in [0.25, 0.3) is 0 Å². The Morgan fingerprint density at radius 1 is 0.812 bits per heavy atom. The first kappa shape index (κ1) is 43.8. The summed E-state index contributed by atoms with van der Waals surface area (Å²) in [4.78, 5) is 13.6. The second-order valence-electron chi connectivity index (χ2n) is 20.1. The summed E-state index contributed by atoms with van der Waals surface area (Å²) in [7, 11) is -5.65. The van der Waals surface area contributed by atoms with Gasteiger partial charge in [-0.25, -0.2) is 0 Å². The van der Waals surface area contributed by atoms with Crippen LogP contribution in [0.2, 0.25) is 54.4 Å². The maximum Gasteiger partial charge on any atom is 0.192 e. The molecule has 48 heavy (non-hydrogen) atoms. The van der Waals surface area contributed by atoms with E-state index < -0.39 is 25.0 Å². The third-order valence-electron chi connectivity index (χ3n) is 13.3. The number of hydrogen-bond acceptors (Lipinski definition) is 4. The lowest BCUT2D eigenvalue weighted by molar-refractivity contribution is -0.121. The molecule has 0 radical (unpaired) electrons. The second kappa shape index (κ2) is 17.0. The average Bonchev–Trinajstić information content (AvgIpc) is 3.17. The van der Waals surface area contributed by atoms with Crippen molar-refractivity contribution in [2.75, 3.05) is 6.61 Å². The molecule has 0 heterocycles. The SMILES string of the molecule is CCCC1(C(CC=C[C@H]2[C@H](O[Si](C)(C)C(C)(C)C)CC(=O)[C@@H]2CC=CCCCCO[Si](C)(C)C(C)(C)C)O[Si](C)(C)C(C)(C)C)CCC1. The Morgan fingerprint density at radius 3 is 1.90 bits per heavy atom. The van der Waals surface area contributed by atoms with E-state index >= 15 is 0 Å². The van der Waals surface area contributed by atoms with Crippen molar-refractivity contribution in [3.05, 3.63) is 24.3 Å². The molecule has 0 amide bonds. The summed E-state index contributed by atoms with van der Waals surface area (Å²) in [6.45, 7) is 38.2. The highest BCUT2D eigenvalue weighted by Gasteiger charge is 2.49. The van der Waals surface area contributed by atoms with Gasteiger partial charge in [0.15, 0.2) is 25.0 Å². The Labute approximate surface area is 302 Å². The van der Waals surface area contributed by atoms with Crippen LogP contribution in [0.1, 0.15) is 140 Å². The highest BCUT2D eigenvalue weighted by molar-refractivity contribution is 6.75. The molecule has 0 spiro atoms. The third kappa shape index (κ3) is 11.6. The number of carbonyl (C=O) groups excluding carboxylic acids is 1. The highest BCUT2D eigenvalue weighted by Crippen LogP contribution is 2.52. The van der Waals surface area contributed by atoms with E-state index in [0.717, 1.165) is 38.7 Å². The molecule has 1 unspecified atom stereocenters. The van der Waals surface area contributed by atoms with Crippen molar-refractivity contribution in [1.29, 1.82) is 0 Å². The number of rotatable bonds is 18. The minimum Gasteiger partial charge on any atom is -0.417 e. The van der Waals surface area contributed by atoms with Gasteiger partial charge in [-0.1, -0.05) is 106 Å². The molecule has 0 aromatic rings. The maximum atomic E-state index is 13.6. The summed E-state index contributed by atoms with van der Waals surface area (Å²) in [6.07, 6.45) is 21.4. The Morgan fingerprint density at radius 2 is 1.40 bits per heavy atom. The number of allylic oxidation sites excluding steroid dienone is 2. The summed E-state index contributed by atoms with van der Waals surface area (Å²) in [6, 6.07) is 0. The van der Waals surface area contributed by atoms with Crippen molar-refractivity contribution < 1.29 is 18.1 Å². The zero-order valence-electron chi connectivity index (χ0n) is 34.7. The fraction of sp³-hybridized carbons (Fsp3) is 0.878. The molecule has 2 fully saturated rings. The monoisotopic (exact) mass is 721 g/mol. The molecule has 0 aromatic heterocycles. The van der Waals surface area contributed by atoms with Gasteiger partial charge < -0.3 is 13.3 Å². The molecule has 2 saturated carbocycles. The molecule has 4 atom stereocenters. The van der Waals surface area contributed by atoms with Gasteiger partial charge in [0.1, 0.15) is 5.78 Å². The molecule has 0 bridgehead atoms. The molecule has 2 rings (SSSR count). The van der Waals surface area contributed by atoms with E-state index in [-0.39, 0.29) is 39.2 Å². The largest absolute Gasteiger partial charge is 0.417 e. The van der Waals surface area contributed by atoms with Crippen LogP contribution < -0.4 is 0 Å². The summed E-state index contributed by atoms with van der Waals surface area (Å²) in [5, 5.41) is 0.543. The molecule has 7 heteroatoms. The van der Waals surface area contributed by atoms with Gasteiger partial charge in [-0.05, 0) is 111 Å². The van der Waals surface area contributed by atoms with E-state index in [1.807, 2.05) is 0 Å². The van der Waals surface area contributed by atoms with E-state index in [1.165, 1.54) is 32.1 Å². The number of ketones is 1. The molecule has 0 aliphatic heterocycles. The molecule has 2 aliphatic carbocycles. The van der Waals surface area contributed by atoms with Gasteiger partial charge in [0, 0.05) is 24.9 Å². The Hall–Kier alpha value is -0.319. The van der Waals surface area contributed by atoms with Crippen LogP contribution in [0.5, 0.6) is 0 Å². The first-order chi connectivity index (χ1) is 21.8. The van der Waals surface area contributed by atoms with Crippen molar-refractivity contribution in [3.63, 3.8) is 0 Å². The van der Waals surface area contributed by atoms with Gasteiger partial charge in [0.05, 0.1) is 12.2 Å². The zero-order valence-corrected chi connectivity index (χ0v) is 37.7. The molecular formula is C41H80O4Si3. The lowest BCUT2D eigenvalue weighted by Gasteiger charge is -2.51. The summed E-state index contributed by atoms with van der Waals surface area (Å²) >= 11 is 0. The third-order valence-corrected chi connectivity index (χ3v) is 26.8. The van der Waals surface area contributed by atoms with Gasteiger partial charge in [0.2, 0.25) is 0 Å². The lowest BCUT2D eigenvalue weighted by Crippen LogP contribution is -2.51.